The molecule has 0 aliphatic heterocycles. The van der Waals surface area contributed by atoms with E-state index < -0.39 is 0 Å². The van der Waals surface area contributed by atoms with Gasteiger partial charge in [-0.2, -0.15) is 0 Å². The van der Waals surface area contributed by atoms with Crippen LogP contribution in [0.15, 0.2) is 22.8 Å². The van der Waals surface area contributed by atoms with Gasteiger partial charge in [0.15, 0.2) is 0 Å². The Balaban J connectivity index is 1.56. The van der Waals surface area contributed by atoms with Gasteiger partial charge in [-0.1, -0.05) is 12.8 Å². The highest BCUT2D eigenvalue weighted by molar-refractivity contribution is 5.76. The molecule has 3 rings (SSSR count). The summed E-state index contributed by atoms with van der Waals surface area (Å²) in [7, 11) is 0. The Hall–Kier alpha value is -1.29. The molecule has 0 atom stereocenters. The molecule has 4 heteroatoms. The van der Waals surface area contributed by atoms with Gasteiger partial charge >= 0.3 is 0 Å². The van der Waals surface area contributed by atoms with Crippen LogP contribution < -0.4 is 5.32 Å². The number of amides is 1. The Kier molecular flexibility index (Phi) is 4.41. The molecule has 1 heterocycles. The molecular formula is C16H24N2O2. The van der Waals surface area contributed by atoms with Crippen LogP contribution in [0.4, 0.5) is 0 Å². The first kappa shape index (κ1) is 13.7. The molecule has 2 aliphatic rings. The van der Waals surface area contributed by atoms with E-state index in [1.807, 2.05) is 17.0 Å². The summed E-state index contributed by atoms with van der Waals surface area (Å²) in [6.45, 7) is 1.44. The van der Waals surface area contributed by atoms with Gasteiger partial charge in [0.1, 0.15) is 5.76 Å². The molecule has 0 saturated heterocycles. The highest BCUT2D eigenvalue weighted by atomic mass is 16.3. The molecule has 2 saturated carbocycles. The van der Waals surface area contributed by atoms with Crippen molar-refractivity contribution < 1.29 is 9.21 Å². The zero-order valence-corrected chi connectivity index (χ0v) is 12.0. The SMILES string of the molecule is O=C(CCNC1CC1)N(Cc1ccco1)C1CCCC1. The largest absolute Gasteiger partial charge is 0.467 e. The van der Waals surface area contributed by atoms with E-state index >= 15 is 0 Å². The van der Waals surface area contributed by atoms with Gasteiger partial charge in [0.25, 0.3) is 0 Å². The van der Waals surface area contributed by atoms with Crippen LogP contribution >= 0.6 is 0 Å². The number of nitrogens with one attached hydrogen (secondary N) is 1. The van der Waals surface area contributed by atoms with Crippen molar-refractivity contribution in [1.29, 1.82) is 0 Å². The lowest BCUT2D eigenvalue weighted by Gasteiger charge is -2.28. The first-order valence-electron chi connectivity index (χ1n) is 7.88. The van der Waals surface area contributed by atoms with Crippen LogP contribution in [0.1, 0.15) is 50.7 Å². The van der Waals surface area contributed by atoms with Gasteiger partial charge in [-0.3, -0.25) is 4.79 Å². The van der Waals surface area contributed by atoms with Crippen molar-refractivity contribution >= 4 is 5.91 Å². The van der Waals surface area contributed by atoms with Crippen molar-refractivity contribution in [2.45, 2.75) is 63.6 Å². The lowest BCUT2D eigenvalue weighted by Crippen LogP contribution is -2.39. The van der Waals surface area contributed by atoms with E-state index in [1.54, 1.807) is 6.26 Å². The maximum Gasteiger partial charge on any atom is 0.224 e. The first-order valence-corrected chi connectivity index (χ1v) is 7.88. The highest BCUT2D eigenvalue weighted by Crippen LogP contribution is 2.26. The van der Waals surface area contributed by atoms with Gasteiger partial charge in [-0.15, -0.1) is 0 Å². The van der Waals surface area contributed by atoms with Gasteiger partial charge in [-0.05, 0) is 37.8 Å². The molecule has 110 valence electrons. The van der Waals surface area contributed by atoms with E-state index in [4.69, 9.17) is 4.42 Å². The van der Waals surface area contributed by atoms with E-state index in [-0.39, 0.29) is 5.91 Å². The van der Waals surface area contributed by atoms with Crippen molar-refractivity contribution in [3.63, 3.8) is 0 Å². The van der Waals surface area contributed by atoms with E-state index in [0.29, 0.717) is 25.0 Å². The number of carbonyl (C=O) groups excluding carboxylic acids is 1. The number of rotatable bonds is 7. The second-order valence-electron chi connectivity index (χ2n) is 6.02. The van der Waals surface area contributed by atoms with Crippen molar-refractivity contribution in [2.75, 3.05) is 6.54 Å². The van der Waals surface area contributed by atoms with Crippen LogP contribution in [-0.4, -0.2) is 29.4 Å². The summed E-state index contributed by atoms with van der Waals surface area (Å²) in [6, 6.07) is 4.93. The van der Waals surface area contributed by atoms with Gasteiger partial charge in [0.05, 0.1) is 12.8 Å². The monoisotopic (exact) mass is 276 g/mol. The first-order chi connectivity index (χ1) is 9.83. The third-order valence-corrected chi connectivity index (χ3v) is 4.34. The van der Waals surface area contributed by atoms with Crippen LogP contribution in [0, 0.1) is 0 Å². The molecule has 4 nitrogen and oxygen atoms in total. The number of hydrogen-bond acceptors (Lipinski definition) is 3. The molecular weight excluding hydrogens is 252 g/mol. The Morgan fingerprint density at radius 2 is 2.10 bits per heavy atom. The smallest absolute Gasteiger partial charge is 0.224 e. The van der Waals surface area contributed by atoms with Crippen molar-refractivity contribution in [1.82, 2.24) is 10.2 Å². The summed E-state index contributed by atoms with van der Waals surface area (Å²) in [6.07, 6.45) is 9.60. The Labute approximate surface area is 120 Å². The third-order valence-electron chi connectivity index (χ3n) is 4.34. The minimum Gasteiger partial charge on any atom is -0.467 e. The van der Waals surface area contributed by atoms with Gasteiger partial charge < -0.3 is 14.6 Å². The summed E-state index contributed by atoms with van der Waals surface area (Å²) >= 11 is 0. The molecule has 1 N–H and O–H groups in total. The molecule has 0 bridgehead atoms. The average Bonchev–Trinajstić information content (AvgIpc) is 2.95. The Morgan fingerprint density at radius 1 is 1.30 bits per heavy atom. The minimum absolute atomic E-state index is 0.265. The van der Waals surface area contributed by atoms with Crippen LogP contribution in [0.2, 0.25) is 0 Å². The minimum atomic E-state index is 0.265. The van der Waals surface area contributed by atoms with E-state index in [1.165, 1.54) is 25.7 Å². The van der Waals surface area contributed by atoms with E-state index in [2.05, 4.69) is 5.32 Å². The number of nitrogens with zero attached hydrogens (tertiary/aromatic N) is 1. The quantitative estimate of drug-likeness (QED) is 0.833. The van der Waals surface area contributed by atoms with Crippen molar-refractivity contribution in [2.24, 2.45) is 0 Å². The molecule has 1 aromatic rings. The zero-order chi connectivity index (χ0) is 13.8. The maximum absolute atomic E-state index is 12.5. The number of hydrogen-bond donors (Lipinski definition) is 1. The van der Waals surface area contributed by atoms with Crippen molar-refractivity contribution in [3.8, 4) is 0 Å². The van der Waals surface area contributed by atoms with Crippen LogP contribution in [0.3, 0.4) is 0 Å². The van der Waals surface area contributed by atoms with Gasteiger partial charge in [-0.25, -0.2) is 0 Å². The van der Waals surface area contributed by atoms with Crippen LogP contribution in [0.5, 0.6) is 0 Å². The Morgan fingerprint density at radius 3 is 2.75 bits per heavy atom. The van der Waals surface area contributed by atoms with Gasteiger partial charge in [0, 0.05) is 25.0 Å². The third kappa shape index (κ3) is 3.63. The summed E-state index contributed by atoms with van der Waals surface area (Å²) in [5.41, 5.74) is 0. The second-order valence-corrected chi connectivity index (χ2v) is 6.02. The highest BCUT2D eigenvalue weighted by Gasteiger charge is 2.27. The fourth-order valence-corrected chi connectivity index (χ4v) is 3.02. The molecule has 20 heavy (non-hydrogen) atoms. The standard InChI is InChI=1S/C16H24N2O2/c19-16(9-10-17-13-7-8-13)18(14-4-1-2-5-14)12-15-6-3-11-20-15/h3,6,11,13-14,17H,1-2,4-5,7-10,12H2. The second kappa shape index (κ2) is 6.44. The number of carbonyl (C=O) groups is 1. The molecule has 0 aromatic carbocycles. The molecule has 0 spiro atoms. The summed E-state index contributed by atoms with van der Waals surface area (Å²) in [4.78, 5) is 14.5. The average molecular weight is 276 g/mol. The molecule has 2 fully saturated rings. The van der Waals surface area contributed by atoms with Crippen molar-refractivity contribution in [3.05, 3.63) is 24.2 Å². The predicted molar refractivity (Wildman–Crippen MR) is 77.2 cm³/mol. The molecule has 1 amide bonds. The van der Waals surface area contributed by atoms with Crippen LogP contribution in [-0.2, 0) is 11.3 Å². The zero-order valence-electron chi connectivity index (χ0n) is 12.0. The molecule has 2 aliphatic carbocycles. The summed E-state index contributed by atoms with van der Waals surface area (Å²) < 4.78 is 5.42. The topological polar surface area (TPSA) is 45.5 Å². The maximum atomic E-state index is 12.5. The fraction of sp³-hybridized carbons (Fsp3) is 0.688. The summed E-state index contributed by atoms with van der Waals surface area (Å²) in [5, 5.41) is 3.42. The lowest BCUT2D eigenvalue weighted by atomic mass is 10.2. The van der Waals surface area contributed by atoms with Gasteiger partial charge in [0.2, 0.25) is 5.91 Å². The lowest BCUT2D eigenvalue weighted by molar-refractivity contribution is -0.134. The molecule has 0 radical (unpaired) electrons. The predicted octanol–water partition coefficient (Wildman–Crippen LogP) is 2.69. The van der Waals surface area contributed by atoms with Crippen LogP contribution in [0.25, 0.3) is 0 Å². The number of furan rings is 1. The molecule has 0 unspecified atom stereocenters. The summed E-state index contributed by atoms with van der Waals surface area (Å²) in [5.74, 6) is 1.15. The Bertz CT molecular complexity index is 420. The molecule has 1 aromatic heterocycles. The fourth-order valence-electron chi connectivity index (χ4n) is 3.02. The normalized spacial score (nSPS) is 19.4. The van der Waals surface area contributed by atoms with E-state index in [9.17, 15) is 4.79 Å². The van der Waals surface area contributed by atoms with E-state index in [0.717, 1.165) is 25.1 Å².